The molecule has 0 aliphatic carbocycles. The third kappa shape index (κ3) is 8.68. The quantitative estimate of drug-likeness (QED) is 0.247. The molecule has 1 aromatic carbocycles. The van der Waals surface area contributed by atoms with E-state index in [1.165, 1.54) is 63.7 Å². The number of hydrogen-bond donors (Lipinski definition) is 1. The van der Waals surface area contributed by atoms with Crippen LogP contribution in [0, 0.1) is 0 Å². The number of halogens is 1. The molecule has 0 amide bonds. The van der Waals surface area contributed by atoms with Gasteiger partial charge in [0.2, 0.25) is 0 Å². The van der Waals surface area contributed by atoms with Crippen LogP contribution >= 0.6 is 24.0 Å². The maximum Gasteiger partial charge on any atom is 0.193 e. The number of nitrogens with zero attached hydrogens (tertiary/aromatic N) is 3. The van der Waals surface area contributed by atoms with E-state index >= 15 is 0 Å². The van der Waals surface area contributed by atoms with E-state index in [4.69, 9.17) is 4.74 Å². The van der Waals surface area contributed by atoms with Crippen LogP contribution in [-0.4, -0.2) is 63.1 Å². The number of ether oxygens (including phenoxy) is 1. The molecule has 1 saturated heterocycles. The molecule has 6 heteroatoms. The lowest BCUT2D eigenvalue weighted by atomic mass is 10.1. The Morgan fingerprint density at radius 1 is 1.15 bits per heavy atom. The largest absolute Gasteiger partial charge is 0.496 e. The average Bonchev–Trinajstić information content (AvgIpc) is 2.68. The Bertz CT molecular complexity index is 547. The molecular weight excluding hydrogens is 451 g/mol. The third-order valence-electron chi connectivity index (χ3n) is 5.06. The molecule has 154 valence electrons. The van der Waals surface area contributed by atoms with Crippen molar-refractivity contribution in [2.75, 3.05) is 47.4 Å². The molecule has 1 fully saturated rings. The highest BCUT2D eigenvalue weighted by atomic mass is 127. The lowest BCUT2D eigenvalue weighted by Crippen LogP contribution is -2.39. The van der Waals surface area contributed by atoms with Crippen molar-refractivity contribution in [2.45, 2.75) is 45.1 Å². The summed E-state index contributed by atoms with van der Waals surface area (Å²) in [5.41, 5.74) is 1.17. The van der Waals surface area contributed by atoms with Gasteiger partial charge < -0.3 is 19.9 Å². The fourth-order valence-corrected chi connectivity index (χ4v) is 3.57. The molecular formula is C21H37IN4O. The molecule has 0 saturated carbocycles. The van der Waals surface area contributed by atoms with Gasteiger partial charge in [0.1, 0.15) is 5.75 Å². The molecule has 1 aliphatic heterocycles. The van der Waals surface area contributed by atoms with Crippen LogP contribution in [0.15, 0.2) is 29.3 Å². The summed E-state index contributed by atoms with van der Waals surface area (Å²) in [6.45, 7) is 5.63. The van der Waals surface area contributed by atoms with Gasteiger partial charge in [0.25, 0.3) is 0 Å². The Morgan fingerprint density at radius 2 is 1.89 bits per heavy atom. The number of likely N-dealkylation sites (tertiary alicyclic amines) is 1. The fourth-order valence-electron chi connectivity index (χ4n) is 3.57. The highest BCUT2D eigenvalue weighted by Crippen LogP contribution is 2.18. The predicted octanol–water partition coefficient (Wildman–Crippen LogP) is 3.98. The van der Waals surface area contributed by atoms with Gasteiger partial charge in [-0.3, -0.25) is 4.99 Å². The lowest BCUT2D eigenvalue weighted by Gasteiger charge is -2.26. The number of aliphatic imine (C=N–C) groups is 1. The van der Waals surface area contributed by atoms with E-state index in [2.05, 4.69) is 33.2 Å². The second kappa shape index (κ2) is 14.0. The van der Waals surface area contributed by atoms with Gasteiger partial charge in [-0.2, -0.15) is 0 Å². The number of hydrogen-bond acceptors (Lipinski definition) is 3. The Morgan fingerprint density at radius 3 is 2.59 bits per heavy atom. The maximum absolute atomic E-state index is 5.44. The summed E-state index contributed by atoms with van der Waals surface area (Å²) < 4.78 is 5.44. The van der Waals surface area contributed by atoms with Crippen molar-refractivity contribution < 1.29 is 4.74 Å². The molecule has 1 aromatic rings. The number of nitrogens with one attached hydrogen (secondary N) is 1. The minimum atomic E-state index is 0. The summed E-state index contributed by atoms with van der Waals surface area (Å²) in [5.74, 6) is 1.86. The number of rotatable bonds is 9. The number of benzene rings is 1. The van der Waals surface area contributed by atoms with Crippen LogP contribution in [-0.2, 0) is 6.54 Å². The maximum atomic E-state index is 5.44. The first kappa shape index (κ1) is 24.0. The van der Waals surface area contributed by atoms with Crippen molar-refractivity contribution >= 4 is 29.9 Å². The van der Waals surface area contributed by atoms with E-state index in [1.807, 2.05) is 25.2 Å². The molecule has 0 unspecified atom stereocenters. The molecule has 1 N–H and O–H groups in total. The predicted molar refractivity (Wildman–Crippen MR) is 125 cm³/mol. The zero-order chi connectivity index (χ0) is 18.6. The average molecular weight is 488 g/mol. The highest BCUT2D eigenvalue weighted by Gasteiger charge is 2.10. The van der Waals surface area contributed by atoms with Gasteiger partial charge in [-0.25, -0.2) is 0 Å². The van der Waals surface area contributed by atoms with Crippen LogP contribution in [0.2, 0.25) is 0 Å². The third-order valence-corrected chi connectivity index (χ3v) is 5.06. The first-order valence-corrected chi connectivity index (χ1v) is 10.0. The number of guanidine groups is 1. The summed E-state index contributed by atoms with van der Waals surface area (Å²) >= 11 is 0. The van der Waals surface area contributed by atoms with E-state index < -0.39 is 0 Å². The summed E-state index contributed by atoms with van der Waals surface area (Å²) in [6.07, 6.45) is 7.96. The fraction of sp³-hybridized carbons (Fsp3) is 0.667. The Kier molecular flexibility index (Phi) is 12.5. The minimum Gasteiger partial charge on any atom is -0.496 e. The summed E-state index contributed by atoms with van der Waals surface area (Å²) in [5, 5.41) is 3.49. The topological polar surface area (TPSA) is 40.1 Å². The number of piperidine rings is 1. The van der Waals surface area contributed by atoms with Gasteiger partial charge in [-0.15, -0.1) is 24.0 Å². The zero-order valence-electron chi connectivity index (χ0n) is 17.2. The molecule has 1 heterocycles. The van der Waals surface area contributed by atoms with Crippen molar-refractivity contribution in [3.8, 4) is 5.75 Å². The van der Waals surface area contributed by atoms with E-state index in [1.54, 1.807) is 7.11 Å². The second-order valence-electron chi connectivity index (χ2n) is 7.10. The van der Waals surface area contributed by atoms with Crippen LogP contribution in [0.4, 0.5) is 0 Å². The molecule has 0 aromatic heterocycles. The normalized spacial score (nSPS) is 15.1. The molecule has 0 spiro atoms. The SMILES string of the molecule is CN=C(NCCCCCN1CCCCC1)N(C)Cc1ccccc1OC.I. The monoisotopic (exact) mass is 488 g/mol. The molecule has 0 radical (unpaired) electrons. The van der Waals surface area contributed by atoms with Crippen LogP contribution in [0.3, 0.4) is 0 Å². The molecule has 27 heavy (non-hydrogen) atoms. The summed E-state index contributed by atoms with van der Waals surface area (Å²) in [6, 6.07) is 8.15. The van der Waals surface area contributed by atoms with Crippen LogP contribution in [0.1, 0.15) is 44.1 Å². The van der Waals surface area contributed by atoms with Gasteiger partial charge in [-0.1, -0.05) is 31.0 Å². The van der Waals surface area contributed by atoms with E-state index in [9.17, 15) is 0 Å². The number of unbranched alkanes of at least 4 members (excludes halogenated alkanes) is 2. The van der Waals surface area contributed by atoms with Crippen molar-refractivity contribution in [3.63, 3.8) is 0 Å². The molecule has 5 nitrogen and oxygen atoms in total. The van der Waals surface area contributed by atoms with Crippen molar-refractivity contribution in [2.24, 2.45) is 4.99 Å². The Labute approximate surface area is 182 Å². The second-order valence-corrected chi connectivity index (χ2v) is 7.10. The van der Waals surface area contributed by atoms with Crippen molar-refractivity contribution in [3.05, 3.63) is 29.8 Å². The molecule has 1 aliphatic rings. The van der Waals surface area contributed by atoms with E-state index in [0.717, 1.165) is 24.8 Å². The smallest absolute Gasteiger partial charge is 0.193 e. The van der Waals surface area contributed by atoms with E-state index in [0.29, 0.717) is 0 Å². The van der Waals surface area contributed by atoms with Gasteiger partial charge >= 0.3 is 0 Å². The van der Waals surface area contributed by atoms with Crippen LogP contribution < -0.4 is 10.1 Å². The van der Waals surface area contributed by atoms with Gasteiger partial charge in [0.05, 0.1) is 7.11 Å². The van der Waals surface area contributed by atoms with Gasteiger partial charge in [0, 0.05) is 32.7 Å². The van der Waals surface area contributed by atoms with Gasteiger partial charge in [0.15, 0.2) is 5.96 Å². The molecule has 2 rings (SSSR count). The minimum absolute atomic E-state index is 0. The van der Waals surface area contributed by atoms with Gasteiger partial charge in [-0.05, 0) is 51.4 Å². The zero-order valence-corrected chi connectivity index (χ0v) is 19.6. The Hall–Kier alpha value is -1.02. The van der Waals surface area contributed by atoms with Crippen molar-refractivity contribution in [1.82, 2.24) is 15.1 Å². The van der Waals surface area contributed by atoms with E-state index in [-0.39, 0.29) is 24.0 Å². The Balaban J connectivity index is 0.00000364. The summed E-state index contributed by atoms with van der Waals surface area (Å²) in [7, 11) is 5.63. The van der Waals surface area contributed by atoms with Crippen LogP contribution in [0.5, 0.6) is 5.75 Å². The molecule has 0 bridgehead atoms. The number of para-hydroxylation sites is 1. The summed E-state index contributed by atoms with van der Waals surface area (Å²) in [4.78, 5) is 9.18. The lowest BCUT2D eigenvalue weighted by molar-refractivity contribution is 0.224. The number of methoxy groups -OCH3 is 1. The van der Waals surface area contributed by atoms with Crippen molar-refractivity contribution in [1.29, 1.82) is 0 Å². The first-order valence-electron chi connectivity index (χ1n) is 10.0. The van der Waals surface area contributed by atoms with Crippen LogP contribution in [0.25, 0.3) is 0 Å². The first-order chi connectivity index (χ1) is 12.7. The standard InChI is InChI=1S/C21H36N4O.HI/c1-22-21(24(2)18-19-12-6-7-13-20(19)26-3)23-14-8-4-9-15-25-16-10-5-11-17-25;/h6-7,12-13H,4-5,8-11,14-18H2,1-3H3,(H,22,23);1H. The highest BCUT2D eigenvalue weighted by molar-refractivity contribution is 14.0. The molecule has 0 atom stereocenters.